The van der Waals surface area contributed by atoms with E-state index in [1.54, 1.807) is 23.8 Å². The molecule has 0 aliphatic rings. The summed E-state index contributed by atoms with van der Waals surface area (Å²) in [6.45, 7) is 2.34. The normalized spacial score (nSPS) is 11.0. The van der Waals surface area contributed by atoms with E-state index in [1.165, 1.54) is 0 Å². The summed E-state index contributed by atoms with van der Waals surface area (Å²) in [4.78, 5) is 13.5. The molecule has 4 aromatic rings. The minimum absolute atomic E-state index is 0.0963. The minimum Gasteiger partial charge on any atom is -0.507 e. The molecule has 5 heteroatoms. The molecule has 0 atom stereocenters. The van der Waals surface area contributed by atoms with E-state index in [2.05, 4.69) is 15.9 Å². The van der Waals surface area contributed by atoms with Crippen LogP contribution < -0.4 is 10.3 Å². The Morgan fingerprint density at radius 3 is 2.41 bits per heavy atom. The first-order valence-electron chi connectivity index (χ1n) is 9.23. The van der Waals surface area contributed by atoms with E-state index < -0.39 is 0 Å². The summed E-state index contributed by atoms with van der Waals surface area (Å²) >= 11 is 3.71. The molecular weight excluding hydrogens is 430 g/mol. The van der Waals surface area contributed by atoms with E-state index in [-0.39, 0.29) is 11.3 Å². The Morgan fingerprint density at radius 1 is 1.00 bits per heavy atom. The number of halogens is 1. The van der Waals surface area contributed by atoms with Crippen LogP contribution in [0.3, 0.4) is 0 Å². The summed E-state index contributed by atoms with van der Waals surface area (Å²) in [5.74, 6) is 0.889. The van der Waals surface area contributed by atoms with Gasteiger partial charge in [-0.1, -0.05) is 42.0 Å². The molecule has 0 bridgehead atoms. The fourth-order valence-electron chi connectivity index (χ4n) is 3.52. The van der Waals surface area contributed by atoms with Gasteiger partial charge in [-0.15, -0.1) is 0 Å². The number of aryl methyl sites for hydroxylation is 1. The molecule has 1 heterocycles. The van der Waals surface area contributed by atoms with Crippen LogP contribution in [0.5, 0.6) is 11.5 Å². The van der Waals surface area contributed by atoms with Crippen LogP contribution in [0.4, 0.5) is 0 Å². The highest BCUT2D eigenvalue weighted by atomic mass is 79.9. The fourth-order valence-corrected chi connectivity index (χ4v) is 4.29. The van der Waals surface area contributed by atoms with Crippen LogP contribution in [-0.2, 0) is 6.54 Å². The lowest BCUT2D eigenvalue weighted by Crippen LogP contribution is -2.23. The van der Waals surface area contributed by atoms with Crippen molar-refractivity contribution in [1.82, 2.24) is 4.57 Å². The molecular formula is C24H20BrNO3. The second kappa shape index (κ2) is 7.76. The number of hydrogen-bond acceptors (Lipinski definition) is 3. The Hall–Kier alpha value is -3.05. The number of aromatic hydroxyl groups is 1. The van der Waals surface area contributed by atoms with Gasteiger partial charge in [0, 0.05) is 16.3 Å². The second-order valence-electron chi connectivity index (χ2n) is 6.97. The number of ether oxygens (including phenoxy) is 1. The second-order valence-corrected chi connectivity index (χ2v) is 7.76. The molecule has 0 radical (unpaired) electrons. The Labute approximate surface area is 177 Å². The quantitative estimate of drug-likeness (QED) is 0.447. The average molecular weight is 450 g/mol. The van der Waals surface area contributed by atoms with E-state index in [1.807, 2.05) is 61.5 Å². The van der Waals surface area contributed by atoms with E-state index in [0.29, 0.717) is 23.2 Å². The molecule has 1 N–H and O–H groups in total. The lowest BCUT2D eigenvalue weighted by Gasteiger charge is -2.18. The van der Waals surface area contributed by atoms with E-state index >= 15 is 0 Å². The summed E-state index contributed by atoms with van der Waals surface area (Å²) < 4.78 is 7.72. The van der Waals surface area contributed by atoms with Crippen molar-refractivity contribution in [3.8, 4) is 22.8 Å². The number of benzene rings is 3. The molecule has 4 nitrogen and oxygen atoms in total. The summed E-state index contributed by atoms with van der Waals surface area (Å²) in [7, 11) is 1.62. The number of para-hydroxylation sites is 1. The molecule has 1 aromatic heterocycles. The first-order chi connectivity index (χ1) is 14.0. The standard InChI is InChI=1S/C24H20BrNO3/c1-15-7-12-18-20(13-15)24(28)26(14-16-8-10-17(29-2)11-9-16)23(22(18)25)19-5-3-4-6-21(19)27/h3-13,27H,14H2,1-2H3. The van der Waals surface area contributed by atoms with Crippen molar-refractivity contribution in [2.45, 2.75) is 13.5 Å². The molecule has 0 spiro atoms. The molecule has 0 aliphatic heterocycles. The average Bonchev–Trinajstić information content (AvgIpc) is 2.73. The van der Waals surface area contributed by atoms with Crippen LogP contribution in [0.25, 0.3) is 22.0 Å². The molecule has 0 unspecified atom stereocenters. The van der Waals surface area contributed by atoms with Gasteiger partial charge in [0.15, 0.2) is 0 Å². The van der Waals surface area contributed by atoms with Gasteiger partial charge >= 0.3 is 0 Å². The molecule has 0 aliphatic carbocycles. The molecule has 0 saturated heterocycles. The van der Waals surface area contributed by atoms with Crippen LogP contribution >= 0.6 is 15.9 Å². The van der Waals surface area contributed by atoms with Gasteiger partial charge in [-0.2, -0.15) is 0 Å². The van der Waals surface area contributed by atoms with E-state index in [9.17, 15) is 9.90 Å². The molecule has 3 aromatic carbocycles. The molecule has 0 saturated carbocycles. The van der Waals surface area contributed by atoms with Gasteiger partial charge in [0.1, 0.15) is 11.5 Å². The predicted molar refractivity (Wildman–Crippen MR) is 120 cm³/mol. The predicted octanol–water partition coefficient (Wildman–Crippen LogP) is 5.50. The number of rotatable bonds is 4. The smallest absolute Gasteiger partial charge is 0.259 e. The van der Waals surface area contributed by atoms with Crippen LogP contribution in [-0.4, -0.2) is 16.8 Å². The molecule has 0 amide bonds. The number of phenols is 1. The number of aromatic nitrogens is 1. The van der Waals surface area contributed by atoms with Crippen molar-refractivity contribution in [3.63, 3.8) is 0 Å². The maximum atomic E-state index is 13.5. The zero-order chi connectivity index (χ0) is 20.5. The van der Waals surface area contributed by atoms with Gasteiger partial charge in [-0.05, 0) is 58.7 Å². The Morgan fingerprint density at radius 2 is 1.72 bits per heavy atom. The third-order valence-corrected chi connectivity index (χ3v) is 5.83. The topological polar surface area (TPSA) is 51.5 Å². The number of hydrogen-bond donors (Lipinski definition) is 1. The maximum Gasteiger partial charge on any atom is 0.259 e. The minimum atomic E-state index is -0.0963. The zero-order valence-electron chi connectivity index (χ0n) is 16.1. The largest absolute Gasteiger partial charge is 0.507 e. The highest BCUT2D eigenvalue weighted by Crippen LogP contribution is 2.37. The lowest BCUT2D eigenvalue weighted by atomic mass is 10.0. The molecule has 146 valence electrons. The van der Waals surface area contributed by atoms with Gasteiger partial charge in [-0.3, -0.25) is 4.79 Å². The number of phenolic OH excluding ortho intramolecular Hbond substituents is 1. The van der Waals surface area contributed by atoms with Crippen molar-refractivity contribution in [2.24, 2.45) is 0 Å². The van der Waals surface area contributed by atoms with Crippen molar-refractivity contribution in [1.29, 1.82) is 0 Å². The molecule has 29 heavy (non-hydrogen) atoms. The first kappa shape index (κ1) is 19.3. The van der Waals surface area contributed by atoms with E-state index in [0.717, 1.165) is 26.7 Å². The number of fused-ring (bicyclic) bond motifs is 1. The first-order valence-corrected chi connectivity index (χ1v) is 10.0. The summed E-state index contributed by atoms with van der Waals surface area (Å²) in [6, 6.07) is 20.5. The van der Waals surface area contributed by atoms with Crippen LogP contribution in [0.15, 0.2) is 76.0 Å². The summed E-state index contributed by atoms with van der Waals surface area (Å²) in [6.07, 6.45) is 0. The summed E-state index contributed by atoms with van der Waals surface area (Å²) in [5.41, 5.74) is 3.14. The van der Waals surface area contributed by atoms with Gasteiger partial charge in [0.2, 0.25) is 0 Å². The van der Waals surface area contributed by atoms with Crippen LogP contribution in [0.2, 0.25) is 0 Å². The monoisotopic (exact) mass is 449 g/mol. The fraction of sp³-hybridized carbons (Fsp3) is 0.125. The van der Waals surface area contributed by atoms with Gasteiger partial charge in [-0.25, -0.2) is 0 Å². The van der Waals surface area contributed by atoms with Crippen LogP contribution in [0.1, 0.15) is 11.1 Å². The van der Waals surface area contributed by atoms with Crippen LogP contribution in [0, 0.1) is 6.92 Å². The molecule has 4 rings (SSSR count). The lowest BCUT2D eigenvalue weighted by molar-refractivity contribution is 0.414. The third kappa shape index (κ3) is 3.54. The number of nitrogens with zero attached hydrogens (tertiary/aromatic N) is 1. The number of methoxy groups -OCH3 is 1. The van der Waals surface area contributed by atoms with Gasteiger partial charge in [0.25, 0.3) is 5.56 Å². The van der Waals surface area contributed by atoms with Gasteiger partial charge in [0.05, 0.1) is 23.8 Å². The number of pyridine rings is 1. The Bertz CT molecular complexity index is 1260. The molecule has 0 fully saturated rings. The van der Waals surface area contributed by atoms with Crippen molar-refractivity contribution < 1.29 is 9.84 Å². The van der Waals surface area contributed by atoms with E-state index in [4.69, 9.17) is 4.74 Å². The third-order valence-electron chi connectivity index (χ3n) is 5.02. The van der Waals surface area contributed by atoms with Crippen molar-refractivity contribution in [2.75, 3.05) is 7.11 Å². The maximum absolute atomic E-state index is 13.5. The highest BCUT2D eigenvalue weighted by Gasteiger charge is 2.19. The highest BCUT2D eigenvalue weighted by molar-refractivity contribution is 9.10. The van der Waals surface area contributed by atoms with Crippen molar-refractivity contribution >= 4 is 26.7 Å². The zero-order valence-corrected chi connectivity index (χ0v) is 17.7. The van der Waals surface area contributed by atoms with Crippen molar-refractivity contribution in [3.05, 3.63) is 92.7 Å². The Kier molecular flexibility index (Phi) is 5.16. The van der Waals surface area contributed by atoms with Gasteiger partial charge < -0.3 is 14.4 Å². The summed E-state index contributed by atoms with van der Waals surface area (Å²) in [5, 5.41) is 12.0. The Balaban J connectivity index is 2.01. The SMILES string of the molecule is COc1ccc(Cn2c(-c3ccccc3O)c(Br)c3ccc(C)cc3c2=O)cc1.